The third kappa shape index (κ3) is 4.04. The maximum atomic E-state index is 11.6. The van der Waals surface area contributed by atoms with Crippen LogP contribution in [0.25, 0.3) is 0 Å². The number of ether oxygens (including phenoxy) is 1. The van der Waals surface area contributed by atoms with E-state index in [1.165, 1.54) is 0 Å². The number of carbonyl (C=O) groups excluding carboxylic acids is 1. The summed E-state index contributed by atoms with van der Waals surface area (Å²) in [5.41, 5.74) is 0. The standard InChI is InChI=1S/C12H21NO2/c1-3-13(4-2)12(14)9-5-7-11-8-6-10-15-11/h5,7,11H,3-4,6,8-10H2,1-2H3/b7-5+. The van der Waals surface area contributed by atoms with E-state index in [4.69, 9.17) is 4.74 Å². The molecule has 0 aromatic carbocycles. The van der Waals surface area contributed by atoms with E-state index in [0.717, 1.165) is 32.5 Å². The summed E-state index contributed by atoms with van der Waals surface area (Å²) in [5.74, 6) is 0.203. The lowest BCUT2D eigenvalue weighted by atomic mass is 10.2. The molecule has 1 saturated heterocycles. The van der Waals surface area contributed by atoms with E-state index in [1.54, 1.807) is 0 Å². The third-order valence-electron chi connectivity index (χ3n) is 2.72. The summed E-state index contributed by atoms with van der Waals surface area (Å²) in [4.78, 5) is 13.5. The lowest BCUT2D eigenvalue weighted by Crippen LogP contribution is -2.29. The number of hydrogen-bond donors (Lipinski definition) is 0. The first-order valence-electron chi connectivity index (χ1n) is 5.84. The highest BCUT2D eigenvalue weighted by molar-refractivity contribution is 5.77. The van der Waals surface area contributed by atoms with Crippen molar-refractivity contribution in [2.24, 2.45) is 0 Å². The molecule has 15 heavy (non-hydrogen) atoms. The molecule has 1 unspecified atom stereocenters. The number of rotatable bonds is 5. The van der Waals surface area contributed by atoms with Crippen LogP contribution in [0.2, 0.25) is 0 Å². The van der Waals surface area contributed by atoms with Crippen molar-refractivity contribution in [1.82, 2.24) is 4.90 Å². The van der Waals surface area contributed by atoms with Gasteiger partial charge in [-0.1, -0.05) is 12.2 Å². The van der Waals surface area contributed by atoms with E-state index < -0.39 is 0 Å². The highest BCUT2D eigenvalue weighted by Crippen LogP contribution is 2.13. The Morgan fingerprint density at radius 3 is 2.73 bits per heavy atom. The average Bonchev–Trinajstić information content (AvgIpc) is 2.72. The first kappa shape index (κ1) is 12.2. The maximum Gasteiger partial charge on any atom is 0.226 e. The van der Waals surface area contributed by atoms with Gasteiger partial charge in [-0.05, 0) is 26.7 Å². The highest BCUT2D eigenvalue weighted by atomic mass is 16.5. The van der Waals surface area contributed by atoms with Gasteiger partial charge < -0.3 is 9.64 Å². The molecule has 1 aliphatic heterocycles. The Morgan fingerprint density at radius 1 is 1.47 bits per heavy atom. The van der Waals surface area contributed by atoms with Gasteiger partial charge in [0, 0.05) is 26.1 Å². The number of carbonyl (C=O) groups is 1. The van der Waals surface area contributed by atoms with Crippen LogP contribution in [0.5, 0.6) is 0 Å². The van der Waals surface area contributed by atoms with Crippen LogP contribution in [0.3, 0.4) is 0 Å². The van der Waals surface area contributed by atoms with Crippen LogP contribution in [-0.4, -0.2) is 36.6 Å². The van der Waals surface area contributed by atoms with Gasteiger partial charge in [0.25, 0.3) is 0 Å². The van der Waals surface area contributed by atoms with Gasteiger partial charge in [0.15, 0.2) is 0 Å². The Hall–Kier alpha value is -0.830. The van der Waals surface area contributed by atoms with Gasteiger partial charge in [0.2, 0.25) is 5.91 Å². The van der Waals surface area contributed by atoms with Crippen LogP contribution in [0.1, 0.15) is 33.1 Å². The molecule has 0 aromatic heterocycles. The molecule has 86 valence electrons. The minimum absolute atomic E-state index is 0.203. The van der Waals surface area contributed by atoms with Crippen molar-refractivity contribution in [3.63, 3.8) is 0 Å². The molecule has 0 radical (unpaired) electrons. The Bertz CT molecular complexity index is 216. The fourth-order valence-corrected chi connectivity index (χ4v) is 1.78. The van der Waals surface area contributed by atoms with E-state index >= 15 is 0 Å². The zero-order valence-electron chi connectivity index (χ0n) is 9.74. The molecule has 0 aromatic rings. The summed E-state index contributed by atoms with van der Waals surface area (Å²) in [7, 11) is 0. The van der Waals surface area contributed by atoms with E-state index in [9.17, 15) is 4.79 Å². The minimum Gasteiger partial charge on any atom is -0.374 e. The Balaban J connectivity index is 2.25. The van der Waals surface area contributed by atoms with Crippen molar-refractivity contribution < 1.29 is 9.53 Å². The van der Waals surface area contributed by atoms with Crippen LogP contribution in [0, 0.1) is 0 Å². The van der Waals surface area contributed by atoms with Crippen molar-refractivity contribution in [3.8, 4) is 0 Å². The predicted molar refractivity (Wildman–Crippen MR) is 60.7 cm³/mol. The van der Waals surface area contributed by atoms with Crippen molar-refractivity contribution in [2.75, 3.05) is 19.7 Å². The van der Waals surface area contributed by atoms with Crippen LogP contribution in [0.15, 0.2) is 12.2 Å². The van der Waals surface area contributed by atoms with E-state index in [1.807, 2.05) is 30.9 Å². The summed E-state index contributed by atoms with van der Waals surface area (Å²) in [6.45, 7) is 6.46. The van der Waals surface area contributed by atoms with E-state index in [-0.39, 0.29) is 12.0 Å². The molecule has 0 spiro atoms. The van der Waals surface area contributed by atoms with Crippen molar-refractivity contribution >= 4 is 5.91 Å². The van der Waals surface area contributed by atoms with Gasteiger partial charge in [0.05, 0.1) is 6.10 Å². The summed E-state index contributed by atoms with van der Waals surface area (Å²) < 4.78 is 5.44. The van der Waals surface area contributed by atoms with Gasteiger partial charge in [-0.15, -0.1) is 0 Å². The van der Waals surface area contributed by atoms with Crippen molar-refractivity contribution in [3.05, 3.63) is 12.2 Å². The smallest absolute Gasteiger partial charge is 0.226 e. The topological polar surface area (TPSA) is 29.5 Å². The van der Waals surface area contributed by atoms with Gasteiger partial charge in [0.1, 0.15) is 0 Å². The molecule has 1 heterocycles. The second kappa shape index (κ2) is 6.62. The largest absolute Gasteiger partial charge is 0.374 e. The van der Waals surface area contributed by atoms with Crippen LogP contribution < -0.4 is 0 Å². The maximum absolute atomic E-state index is 11.6. The molecule has 3 heteroatoms. The molecule has 0 N–H and O–H groups in total. The van der Waals surface area contributed by atoms with Crippen molar-refractivity contribution in [1.29, 1.82) is 0 Å². The normalized spacial score (nSPS) is 21.1. The molecule has 0 saturated carbocycles. The molecule has 0 aliphatic carbocycles. The van der Waals surface area contributed by atoms with Crippen LogP contribution >= 0.6 is 0 Å². The zero-order chi connectivity index (χ0) is 11.1. The molecular weight excluding hydrogens is 190 g/mol. The summed E-state index contributed by atoms with van der Waals surface area (Å²) in [6.07, 6.45) is 6.94. The number of amides is 1. The first-order valence-corrected chi connectivity index (χ1v) is 5.84. The molecule has 3 nitrogen and oxygen atoms in total. The van der Waals surface area contributed by atoms with E-state index in [2.05, 4.69) is 0 Å². The van der Waals surface area contributed by atoms with Crippen molar-refractivity contribution in [2.45, 2.75) is 39.2 Å². The second-order valence-electron chi connectivity index (χ2n) is 3.75. The monoisotopic (exact) mass is 211 g/mol. The Labute approximate surface area is 92.1 Å². The third-order valence-corrected chi connectivity index (χ3v) is 2.72. The first-order chi connectivity index (χ1) is 7.27. The van der Waals surface area contributed by atoms with Gasteiger partial charge in [-0.2, -0.15) is 0 Å². The predicted octanol–water partition coefficient (Wildman–Crippen LogP) is 1.98. The van der Waals surface area contributed by atoms with Gasteiger partial charge >= 0.3 is 0 Å². The quantitative estimate of drug-likeness (QED) is 0.651. The molecule has 1 fully saturated rings. The van der Waals surface area contributed by atoms with Crippen LogP contribution in [-0.2, 0) is 9.53 Å². The molecule has 0 bridgehead atoms. The zero-order valence-corrected chi connectivity index (χ0v) is 9.74. The average molecular weight is 211 g/mol. The lowest BCUT2D eigenvalue weighted by Gasteiger charge is -2.17. The summed E-state index contributed by atoms with van der Waals surface area (Å²) in [5, 5.41) is 0. The van der Waals surface area contributed by atoms with Gasteiger partial charge in [-0.3, -0.25) is 4.79 Å². The molecule has 1 amide bonds. The van der Waals surface area contributed by atoms with E-state index in [0.29, 0.717) is 6.42 Å². The molecule has 1 atom stereocenters. The number of nitrogens with zero attached hydrogens (tertiary/aromatic N) is 1. The molecule has 1 rings (SSSR count). The minimum atomic E-state index is 0.203. The fraction of sp³-hybridized carbons (Fsp3) is 0.750. The van der Waals surface area contributed by atoms with Gasteiger partial charge in [-0.25, -0.2) is 0 Å². The lowest BCUT2D eigenvalue weighted by molar-refractivity contribution is -0.129. The van der Waals surface area contributed by atoms with Crippen LogP contribution in [0.4, 0.5) is 0 Å². The Kier molecular flexibility index (Phi) is 5.40. The second-order valence-corrected chi connectivity index (χ2v) is 3.75. The fourth-order valence-electron chi connectivity index (χ4n) is 1.78. The highest BCUT2D eigenvalue weighted by Gasteiger charge is 2.12. The Morgan fingerprint density at radius 2 is 2.20 bits per heavy atom. The summed E-state index contributed by atoms with van der Waals surface area (Å²) >= 11 is 0. The number of hydrogen-bond acceptors (Lipinski definition) is 2. The molecule has 1 aliphatic rings. The SMILES string of the molecule is CCN(CC)C(=O)C/C=C/C1CCCO1. The molecular formula is C12H21NO2. The summed E-state index contributed by atoms with van der Waals surface area (Å²) in [6, 6.07) is 0.